The van der Waals surface area contributed by atoms with Crippen LogP contribution in [0.15, 0.2) is 24.3 Å². The Morgan fingerprint density at radius 3 is 2.76 bits per heavy atom. The van der Waals surface area contributed by atoms with Gasteiger partial charge in [0.1, 0.15) is 18.5 Å². The highest BCUT2D eigenvalue weighted by Crippen LogP contribution is 2.26. The Hall–Kier alpha value is -1.59. The molecule has 1 heterocycles. The number of aliphatic hydroxyl groups excluding tert-OH is 1. The minimum absolute atomic E-state index is 0.0403. The molecule has 1 aromatic carbocycles. The van der Waals surface area contributed by atoms with Crippen LogP contribution in [0.1, 0.15) is 38.2 Å². The number of ether oxygens (including phenoxy) is 1. The van der Waals surface area contributed by atoms with Gasteiger partial charge in [-0.05, 0) is 36.9 Å². The first kappa shape index (κ1) is 19.7. The maximum absolute atomic E-state index is 12.2. The summed E-state index contributed by atoms with van der Waals surface area (Å²) < 4.78 is 5.86. The maximum Gasteiger partial charge on any atom is 0.226 e. The van der Waals surface area contributed by atoms with E-state index in [-0.39, 0.29) is 18.4 Å². The summed E-state index contributed by atoms with van der Waals surface area (Å²) >= 11 is 0. The molecule has 140 valence electrons. The van der Waals surface area contributed by atoms with Gasteiger partial charge in [0.05, 0.1) is 5.92 Å². The second-order valence-electron chi connectivity index (χ2n) is 7.49. The molecule has 1 aliphatic heterocycles. The van der Waals surface area contributed by atoms with E-state index in [1.54, 1.807) is 19.0 Å². The predicted molar refractivity (Wildman–Crippen MR) is 99.9 cm³/mol. The van der Waals surface area contributed by atoms with Gasteiger partial charge in [-0.25, -0.2) is 0 Å². The van der Waals surface area contributed by atoms with Crippen molar-refractivity contribution >= 4 is 5.91 Å². The number of carbonyl (C=O) groups is 1. The summed E-state index contributed by atoms with van der Waals surface area (Å²) in [6.45, 7) is 6.73. The van der Waals surface area contributed by atoms with Gasteiger partial charge in [-0.2, -0.15) is 0 Å². The lowest BCUT2D eigenvalue weighted by atomic mass is 9.96. The molecular weight excluding hydrogens is 316 g/mol. The van der Waals surface area contributed by atoms with Crippen molar-refractivity contribution in [3.63, 3.8) is 0 Å². The quantitative estimate of drug-likeness (QED) is 0.822. The summed E-state index contributed by atoms with van der Waals surface area (Å²) in [5, 5.41) is 10.4. The molecule has 0 aliphatic carbocycles. The molecular formula is C20H32N2O3. The van der Waals surface area contributed by atoms with Crippen LogP contribution < -0.4 is 4.74 Å². The molecule has 5 nitrogen and oxygen atoms in total. The van der Waals surface area contributed by atoms with E-state index in [2.05, 4.69) is 24.8 Å². The monoisotopic (exact) mass is 348 g/mol. The molecule has 2 unspecified atom stereocenters. The van der Waals surface area contributed by atoms with Gasteiger partial charge in [-0.3, -0.25) is 9.69 Å². The summed E-state index contributed by atoms with van der Waals surface area (Å²) in [5.41, 5.74) is 1.16. The second kappa shape index (κ2) is 9.20. The molecule has 0 saturated carbocycles. The average Bonchev–Trinajstić information content (AvgIpc) is 2.59. The van der Waals surface area contributed by atoms with Crippen molar-refractivity contribution < 1.29 is 14.6 Å². The molecule has 5 heteroatoms. The zero-order chi connectivity index (χ0) is 18.4. The number of hydrogen-bond acceptors (Lipinski definition) is 4. The van der Waals surface area contributed by atoms with Crippen molar-refractivity contribution in [3.05, 3.63) is 29.8 Å². The summed E-state index contributed by atoms with van der Waals surface area (Å²) in [6, 6.07) is 7.98. The molecule has 1 saturated heterocycles. The molecule has 1 fully saturated rings. The van der Waals surface area contributed by atoms with Gasteiger partial charge in [0, 0.05) is 27.2 Å². The van der Waals surface area contributed by atoms with Crippen LogP contribution >= 0.6 is 0 Å². The van der Waals surface area contributed by atoms with Crippen LogP contribution in [0, 0.1) is 5.92 Å². The lowest BCUT2D eigenvalue weighted by molar-refractivity contribution is -0.135. The highest BCUT2D eigenvalue weighted by molar-refractivity contribution is 5.78. The number of piperidine rings is 1. The van der Waals surface area contributed by atoms with Crippen LogP contribution in [-0.4, -0.2) is 67.3 Å². The molecule has 2 atom stereocenters. The second-order valence-corrected chi connectivity index (χ2v) is 7.49. The number of hydrogen-bond donors (Lipinski definition) is 1. The molecule has 2 rings (SSSR count). The molecule has 0 bridgehead atoms. The van der Waals surface area contributed by atoms with Crippen molar-refractivity contribution in [2.45, 2.75) is 38.7 Å². The van der Waals surface area contributed by atoms with Gasteiger partial charge >= 0.3 is 0 Å². The number of nitrogens with zero attached hydrogens (tertiary/aromatic N) is 2. The van der Waals surface area contributed by atoms with E-state index >= 15 is 0 Å². The zero-order valence-corrected chi connectivity index (χ0v) is 15.9. The fourth-order valence-electron chi connectivity index (χ4n) is 3.41. The fourth-order valence-corrected chi connectivity index (χ4v) is 3.41. The van der Waals surface area contributed by atoms with Gasteiger partial charge in [0.25, 0.3) is 0 Å². The summed E-state index contributed by atoms with van der Waals surface area (Å²) in [7, 11) is 3.60. The van der Waals surface area contributed by atoms with E-state index < -0.39 is 6.10 Å². The smallest absolute Gasteiger partial charge is 0.226 e. The number of aliphatic hydroxyl groups is 1. The molecule has 0 spiro atoms. The van der Waals surface area contributed by atoms with Crippen LogP contribution in [0.5, 0.6) is 5.75 Å². The van der Waals surface area contributed by atoms with Gasteiger partial charge < -0.3 is 14.7 Å². The van der Waals surface area contributed by atoms with Crippen molar-refractivity contribution in [3.8, 4) is 5.75 Å². The van der Waals surface area contributed by atoms with E-state index in [4.69, 9.17) is 4.74 Å². The SMILES string of the molecule is CC(C)c1ccccc1OCC(O)CN1CCCC(C(=O)N(C)C)C1. The van der Waals surface area contributed by atoms with Gasteiger partial charge in [0.15, 0.2) is 0 Å². The Bertz CT molecular complexity index is 560. The Balaban J connectivity index is 1.84. The molecule has 1 amide bonds. The third kappa shape index (κ3) is 5.72. The first-order valence-corrected chi connectivity index (χ1v) is 9.21. The third-order valence-electron chi connectivity index (χ3n) is 4.74. The van der Waals surface area contributed by atoms with Gasteiger partial charge in [-0.15, -0.1) is 0 Å². The normalized spacial score (nSPS) is 19.7. The third-order valence-corrected chi connectivity index (χ3v) is 4.74. The van der Waals surface area contributed by atoms with Crippen LogP contribution in [0.25, 0.3) is 0 Å². The Morgan fingerprint density at radius 2 is 2.08 bits per heavy atom. The van der Waals surface area contributed by atoms with E-state index in [1.807, 2.05) is 18.2 Å². The minimum atomic E-state index is -0.562. The summed E-state index contributed by atoms with van der Waals surface area (Å²) in [4.78, 5) is 16.0. The summed E-state index contributed by atoms with van der Waals surface area (Å²) in [6.07, 6.45) is 1.36. The fraction of sp³-hybridized carbons (Fsp3) is 0.650. The average molecular weight is 348 g/mol. The Morgan fingerprint density at radius 1 is 1.36 bits per heavy atom. The topological polar surface area (TPSA) is 53.0 Å². The Labute approximate surface area is 151 Å². The molecule has 1 aliphatic rings. The first-order valence-electron chi connectivity index (χ1n) is 9.21. The number of β-amino-alcohol motifs (C(OH)–C–C–N with tert-alkyl or cyclic N) is 1. The molecule has 0 aromatic heterocycles. The van der Waals surface area contributed by atoms with Crippen LogP contribution in [-0.2, 0) is 4.79 Å². The number of benzene rings is 1. The first-order chi connectivity index (χ1) is 11.9. The number of carbonyl (C=O) groups excluding carboxylic acids is 1. The number of amides is 1. The van der Waals surface area contributed by atoms with E-state index in [0.29, 0.717) is 12.5 Å². The lowest BCUT2D eigenvalue weighted by Gasteiger charge is -2.34. The van der Waals surface area contributed by atoms with Crippen LogP contribution in [0.4, 0.5) is 0 Å². The van der Waals surface area contributed by atoms with Crippen molar-refractivity contribution in [2.75, 3.05) is 40.3 Å². The minimum Gasteiger partial charge on any atom is -0.491 e. The van der Waals surface area contributed by atoms with Gasteiger partial charge in [0.2, 0.25) is 5.91 Å². The van der Waals surface area contributed by atoms with Gasteiger partial charge in [-0.1, -0.05) is 32.0 Å². The molecule has 1 N–H and O–H groups in total. The predicted octanol–water partition coefficient (Wildman–Crippen LogP) is 2.35. The van der Waals surface area contributed by atoms with E-state index in [9.17, 15) is 9.90 Å². The van der Waals surface area contributed by atoms with Crippen LogP contribution in [0.2, 0.25) is 0 Å². The van der Waals surface area contributed by atoms with Crippen LogP contribution in [0.3, 0.4) is 0 Å². The molecule has 1 aromatic rings. The van der Waals surface area contributed by atoms with E-state index in [1.165, 1.54) is 0 Å². The Kier molecular flexibility index (Phi) is 7.26. The standard InChI is InChI=1S/C20H32N2O3/c1-15(2)18-9-5-6-10-19(18)25-14-17(23)13-22-11-7-8-16(12-22)20(24)21(3)4/h5-6,9-10,15-17,23H,7-8,11-14H2,1-4H3. The van der Waals surface area contributed by atoms with Crippen molar-refractivity contribution in [2.24, 2.45) is 5.92 Å². The highest BCUT2D eigenvalue weighted by Gasteiger charge is 2.27. The zero-order valence-electron chi connectivity index (χ0n) is 15.9. The van der Waals surface area contributed by atoms with Crippen molar-refractivity contribution in [1.82, 2.24) is 9.80 Å². The number of rotatable bonds is 7. The largest absolute Gasteiger partial charge is 0.491 e. The molecule has 25 heavy (non-hydrogen) atoms. The molecule has 0 radical (unpaired) electrons. The summed E-state index contributed by atoms with van der Waals surface area (Å²) in [5.74, 6) is 1.45. The lowest BCUT2D eigenvalue weighted by Crippen LogP contribution is -2.46. The van der Waals surface area contributed by atoms with Crippen molar-refractivity contribution in [1.29, 1.82) is 0 Å². The van der Waals surface area contributed by atoms with E-state index in [0.717, 1.165) is 37.2 Å². The highest BCUT2D eigenvalue weighted by atomic mass is 16.5. The maximum atomic E-state index is 12.2. The number of para-hydroxylation sites is 1. The number of likely N-dealkylation sites (tertiary alicyclic amines) is 1.